The zero-order valence-electron chi connectivity index (χ0n) is 17.3. The minimum absolute atomic E-state index is 0.191. The number of nitrogens with one attached hydrogen (secondary N) is 2. The monoisotopic (exact) mass is 438 g/mol. The van der Waals surface area contributed by atoms with E-state index in [0.717, 1.165) is 67.0 Å². The molecule has 9 heteroatoms. The van der Waals surface area contributed by atoms with Crippen molar-refractivity contribution in [2.45, 2.75) is 19.3 Å². The molecule has 3 aromatic rings. The van der Waals surface area contributed by atoms with Crippen molar-refractivity contribution in [1.29, 1.82) is 0 Å². The molecule has 31 heavy (non-hydrogen) atoms. The van der Waals surface area contributed by atoms with Crippen molar-refractivity contribution in [3.8, 4) is 10.6 Å². The van der Waals surface area contributed by atoms with Crippen LogP contribution in [-0.2, 0) is 4.74 Å². The first-order valence-corrected chi connectivity index (χ1v) is 11.6. The number of hydrogen-bond donors (Lipinski definition) is 2. The minimum atomic E-state index is -0.191. The van der Waals surface area contributed by atoms with Crippen LogP contribution in [0.1, 0.15) is 29.8 Å². The van der Waals surface area contributed by atoms with E-state index in [1.807, 2.05) is 0 Å². The SMILES string of the molecule is O=C(Nc1cc(N2CCOCC2)ccc1N1CCCCC1)c1csc(-c2cn[nH]c2)n1. The van der Waals surface area contributed by atoms with E-state index in [2.05, 4.69) is 48.5 Å². The Morgan fingerprint density at radius 2 is 1.94 bits per heavy atom. The molecule has 4 heterocycles. The molecule has 0 atom stereocenters. The summed E-state index contributed by atoms with van der Waals surface area (Å²) in [6, 6.07) is 6.39. The van der Waals surface area contributed by atoms with E-state index in [1.165, 1.54) is 30.6 Å². The van der Waals surface area contributed by atoms with Gasteiger partial charge >= 0.3 is 0 Å². The van der Waals surface area contributed by atoms with Crippen LogP contribution in [0.3, 0.4) is 0 Å². The standard InChI is InChI=1S/C22H26N6O2S/c29-21(19-15-31-22(26-19)16-13-23-24-14-16)25-18-12-17(27-8-10-30-11-9-27)4-5-20(18)28-6-2-1-3-7-28/h4-5,12-15H,1-3,6-11H2,(H,23,24)(H,25,29). The fraction of sp³-hybridized carbons (Fsp3) is 0.409. The van der Waals surface area contributed by atoms with Gasteiger partial charge in [-0.1, -0.05) is 0 Å². The van der Waals surface area contributed by atoms with Crippen molar-refractivity contribution in [2.75, 3.05) is 54.5 Å². The smallest absolute Gasteiger partial charge is 0.275 e. The number of nitrogens with zero attached hydrogens (tertiary/aromatic N) is 4. The maximum absolute atomic E-state index is 13.1. The van der Waals surface area contributed by atoms with Gasteiger partial charge in [-0.3, -0.25) is 9.89 Å². The largest absolute Gasteiger partial charge is 0.378 e. The zero-order chi connectivity index (χ0) is 21.0. The topological polar surface area (TPSA) is 86.4 Å². The van der Waals surface area contributed by atoms with Gasteiger partial charge in [0.15, 0.2) is 0 Å². The first kappa shape index (κ1) is 20.0. The first-order valence-electron chi connectivity index (χ1n) is 10.8. The van der Waals surface area contributed by atoms with E-state index in [-0.39, 0.29) is 5.91 Å². The van der Waals surface area contributed by atoms with Crippen LogP contribution >= 0.6 is 11.3 Å². The molecule has 162 valence electrons. The second-order valence-electron chi connectivity index (χ2n) is 7.83. The van der Waals surface area contributed by atoms with Gasteiger partial charge in [0.1, 0.15) is 10.7 Å². The fourth-order valence-electron chi connectivity index (χ4n) is 4.12. The molecule has 0 unspecified atom stereocenters. The molecule has 0 aliphatic carbocycles. The number of piperidine rings is 1. The third kappa shape index (κ3) is 4.42. The normalized spacial score (nSPS) is 17.0. The molecule has 2 fully saturated rings. The summed E-state index contributed by atoms with van der Waals surface area (Å²) in [6.07, 6.45) is 7.11. The molecule has 2 aliphatic heterocycles. The molecule has 5 rings (SSSR count). The number of carbonyl (C=O) groups is 1. The van der Waals surface area contributed by atoms with Crippen LogP contribution in [0.4, 0.5) is 17.1 Å². The third-order valence-electron chi connectivity index (χ3n) is 5.78. The Kier molecular flexibility index (Phi) is 5.86. The lowest BCUT2D eigenvalue weighted by Gasteiger charge is -2.33. The molecule has 2 saturated heterocycles. The highest BCUT2D eigenvalue weighted by molar-refractivity contribution is 7.13. The lowest BCUT2D eigenvalue weighted by molar-refractivity contribution is 0.102. The lowest BCUT2D eigenvalue weighted by Crippen LogP contribution is -2.36. The molecule has 2 N–H and O–H groups in total. The average molecular weight is 439 g/mol. The number of benzene rings is 1. The summed E-state index contributed by atoms with van der Waals surface area (Å²) in [6.45, 7) is 5.20. The Bertz CT molecular complexity index is 1020. The van der Waals surface area contributed by atoms with Crippen LogP contribution in [0.2, 0.25) is 0 Å². The number of aromatic nitrogens is 3. The number of hydrogen-bond acceptors (Lipinski definition) is 7. The molecule has 2 aliphatic rings. The molecular formula is C22H26N6O2S. The van der Waals surface area contributed by atoms with Crippen molar-refractivity contribution in [3.63, 3.8) is 0 Å². The maximum Gasteiger partial charge on any atom is 0.275 e. The molecule has 0 spiro atoms. The van der Waals surface area contributed by atoms with Crippen LogP contribution in [0.15, 0.2) is 36.0 Å². The summed E-state index contributed by atoms with van der Waals surface area (Å²) < 4.78 is 5.49. The first-order chi connectivity index (χ1) is 15.3. The Balaban J connectivity index is 1.41. The summed E-state index contributed by atoms with van der Waals surface area (Å²) >= 11 is 1.44. The number of rotatable bonds is 5. The van der Waals surface area contributed by atoms with E-state index in [9.17, 15) is 4.79 Å². The van der Waals surface area contributed by atoms with E-state index in [4.69, 9.17) is 4.74 Å². The van der Waals surface area contributed by atoms with Gasteiger partial charge in [-0.25, -0.2) is 4.98 Å². The quantitative estimate of drug-likeness (QED) is 0.633. The number of ether oxygens (including phenoxy) is 1. The molecule has 0 saturated carbocycles. The van der Waals surface area contributed by atoms with Gasteiger partial charge < -0.3 is 19.9 Å². The van der Waals surface area contributed by atoms with Crippen LogP contribution in [-0.4, -0.2) is 60.5 Å². The van der Waals surface area contributed by atoms with Gasteiger partial charge in [0.05, 0.1) is 30.8 Å². The van der Waals surface area contributed by atoms with Crippen LogP contribution < -0.4 is 15.1 Å². The summed E-state index contributed by atoms with van der Waals surface area (Å²) in [4.78, 5) is 22.3. The third-order valence-corrected chi connectivity index (χ3v) is 6.67. The lowest BCUT2D eigenvalue weighted by atomic mass is 10.1. The highest BCUT2D eigenvalue weighted by Gasteiger charge is 2.20. The van der Waals surface area contributed by atoms with E-state index < -0.39 is 0 Å². The second kappa shape index (κ2) is 9.07. The number of thiazole rings is 1. The Morgan fingerprint density at radius 1 is 1.10 bits per heavy atom. The van der Waals surface area contributed by atoms with Crippen molar-refractivity contribution in [2.24, 2.45) is 0 Å². The number of H-pyrrole nitrogens is 1. The summed E-state index contributed by atoms with van der Waals surface area (Å²) in [5.74, 6) is -0.191. The summed E-state index contributed by atoms with van der Waals surface area (Å²) in [5, 5.41) is 12.5. The average Bonchev–Trinajstić information content (AvgIpc) is 3.52. The van der Waals surface area contributed by atoms with Crippen molar-refractivity contribution >= 4 is 34.3 Å². The number of carbonyl (C=O) groups excluding carboxylic acids is 1. The van der Waals surface area contributed by atoms with Crippen LogP contribution in [0, 0.1) is 0 Å². The number of morpholine rings is 1. The van der Waals surface area contributed by atoms with Crippen LogP contribution in [0.25, 0.3) is 10.6 Å². The molecule has 0 bridgehead atoms. The van der Waals surface area contributed by atoms with E-state index in [0.29, 0.717) is 5.69 Å². The predicted octanol–water partition coefficient (Wildman–Crippen LogP) is 3.61. The molecular weight excluding hydrogens is 412 g/mol. The van der Waals surface area contributed by atoms with E-state index >= 15 is 0 Å². The fourth-order valence-corrected chi connectivity index (χ4v) is 4.90. The molecule has 0 radical (unpaired) electrons. The molecule has 1 aromatic carbocycles. The van der Waals surface area contributed by atoms with Crippen molar-refractivity contribution < 1.29 is 9.53 Å². The summed E-state index contributed by atoms with van der Waals surface area (Å²) in [7, 11) is 0. The highest BCUT2D eigenvalue weighted by atomic mass is 32.1. The summed E-state index contributed by atoms with van der Waals surface area (Å²) in [5.41, 5.74) is 4.33. The van der Waals surface area contributed by atoms with Crippen molar-refractivity contribution in [1.82, 2.24) is 15.2 Å². The number of amides is 1. The van der Waals surface area contributed by atoms with Gasteiger partial charge in [-0.05, 0) is 37.5 Å². The molecule has 2 aromatic heterocycles. The Labute approximate surface area is 185 Å². The van der Waals surface area contributed by atoms with Gasteiger partial charge in [0.2, 0.25) is 0 Å². The zero-order valence-corrected chi connectivity index (χ0v) is 18.2. The highest BCUT2D eigenvalue weighted by Crippen LogP contribution is 2.33. The van der Waals surface area contributed by atoms with Gasteiger partial charge in [-0.2, -0.15) is 5.10 Å². The Morgan fingerprint density at radius 3 is 2.71 bits per heavy atom. The minimum Gasteiger partial charge on any atom is -0.378 e. The predicted molar refractivity (Wildman–Crippen MR) is 123 cm³/mol. The second-order valence-corrected chi connectivity index (χ2v) is 8.69. The Hall–Kier alpha value is -2.91. The number of anilines is 3. The maximum atomic E-state index is 13.1. The van der Waals surface area contributed by atoms with E-state index in [1.54, 1.807) is 17.8 Å². The van der Waals surface area contributed by atoms with Gasteiger partial charge in [-0.15, -0.1) is 11.3 Å². The van der Waals surface area contributed by atoms with Crippen molar-refractivity contribution in [3.05, 3.63) is 41.7 Å². The van der Waals surface area contributed by atoms with Gasteiger partial charge in [0, 0.05) is 49.0 Å². The van der Waals surface area contributed by atoms with Crippen LogP contribution in [0.5, 0.6) is 0 Å². The molecule has 8 nitrogen and oxygen atoms in total. The number of aromatic amines is 1. The van der Waals surface area contributed by atoms with Gasteiger partial charge in [0.25, 0.3) is 5.91 Å². The molecule has 1 amide bonds.